The molecule has 0 fully saturated rings. The van der Waals surface area contributed by atoms with Gasteiger partial charge >= 0.3 is 0 Å². The summed E-state index contributed by atoms with van der Waals surface area (Å²) in [7, 11) is 0. The van der Waals surface area contributed by atoms with Crippen molar-refractivity contribution >= 4 is 46.0 Å². The second kappa shape index (κ2) is 11.5. The second-order valence-corrected chi connectivity index (χ2v) is 7.29. The third-order valence-electron chi connectivity index (χ3n) is 3.97. The highest BCUT2D eigenvalue weighted by Crippen LogP contribution is 2.09. The van der Waals surface area contributed by atoms with E-state index in [1.165, 1.54) is 24.3 Å². The molecule has 8 heteroatoms. The van der Waals surface area contributed by atoms with E-state index in [1.807, 2.05) is 0 Å². The van der Waals surface area contributed by atoms with Gasteiger partial charge in [0, 0.05) is 24.5 Å². The van der Waals surface area contributed by atoms with Gasteiger partial charge in [0.2, 0.25) is 0 Å². The minimum absolute atomic E-state index is 0.278. The SMILES string of the molecule is C[C@@H](CCCNC(=S)Nc1ccc(F)cc1)CNC(=S)Nc1ccc(F)cc1. The van der Waals surface area contributed by atoms with E-state index >= 15 is 0 Å². The molecule has 0 unspecified atom stereocenters. The van der Waals surface area contributed by atoms with Crippen LogP contribution >= 0.6 is 24.4 Å². The van der Waals surface area contributed by atoms with Crippen molar-refractivity contribution in [3.05, 3.63) is 60.2 Å². The summed E-state index contributed by atoms with van der Waals surface area (Å²) in [4.78, 5) is 0. The van der Waals surface area contributed by atoms with Gasteiger partial charge in [0.25, 0.3) is 0 Å². The highest BCUT2D eigenvalue weighted by molar-refractivity contribution is 7.80. The first-order valence-electron chi connectivity index (χ1n) is 9.03. The molecular weight excluding hydrogens is 398 g/mol. The molecule has 0 spiro atoms. The summed E-state index contributed by atoms with van der Waals surface area (Å²) in [6, 6.07) is 12.1. The van der Waals surface area contributed by atoms with Gasteiger partial charge in [-0.1, -0.05) is 6.92 Å². The third-order valence-corrected chi connectivity index (χ3v) is 4.47. The van der Waals surface area contributed by atoms with E-state index in [2.05, 4.69) is 28.2 Å². The zero-order chi connectivity index (χ0) is 20.4. The number of halogens is 2. The van der Waals surface area contributed by atoms with Gasteiger partial charge in [-0.3, -0.25) is 0 Å². The van der Waals surface area contributed by atoms with Crippen molar-refractivity contribution < 1.29 is 8.78 Å². The van der Waals surface area contributed by atoms with Gasteiger partial charge in [-0.05, 0) is 91.7 Å². The molecule has 28 heavy (non-hydrogen) atoms. The first-order valence-corrected chi connectivity index (χ1v) is 9.85. The Kier molecular flexibility index (Phi) is 9.03. The number of hydrogen-bond acceptors (Lipinski definition) is 2. The maximum Gasteiger partial charge on any atom is 0.170 e. The standard InChI is InChI=1S/C20H24F2N4S2/c1-14(13-24-20(28)26-18-10-6-16(22)7-11-18)3-2-12-23-19(27)25-17-8-4-15(21)5-9-17/h4-11,14H,2-3,12-13H2,1H3,(H2,23,25,27)(H2,24,26,28)/t14-/m0/s1. The Hall–Kier alpha value is -2.32. The molecule has 0 aromatic heterocycles. The highest BCUT2D eigenvalue weighted by Gasteiger charge is 2.05. The van der Waals surface area contributed by atoms with Crippen molar-refractivity contribution in [2.75, 3.05) is 23.7 Å². The summed E-state index contributed by atoms with van der Waals surface area (Å²) >= 11 is 10.5. The van der Waals surface area contributed by atoms with Crippen molar-refractivity contribution in [3.8, 4) is 0 Å². The van der Waals surface area contributed by atoms with Crippen LogP contribution in [0.1, 0.15) is 19.8 Å². The molecule has 0 saturated carbocycles. The molecule has 150 valence electrons. The average Bonchev–Trinajstić information content (AvgIpc) is 2.67. The number of thiocarbonyl (C=S) groups is 2. The lowest BCUT2D eigenvalue weighted by molar-refractivity contribution is 0.501. The Balaban J connectivity index is 1.56. The van der Waals surface area contributed by atoms with Crippen molar-refractivity contribution in [1.82, 2.24) is 10.6 Å². The van der Waals surface area contributed by atoms with Gasteiger partial charge in [-0.2, -0.15) is 0 Å². The molecule has 2 rings (SSSR count). The fourth-order valence-corrected chi connectivity index (χ4v) is 2.86. The zero-order valence-corrected chi connectivity index (χ0v) is 17.2. The molecule has 2 aromatic rings. The van der Waals surface area contributed by atoms with E-state index in [1.54, 1.807) is 24.3 Å². The Morgan fingerprint density at radius 2 is 1.29 bits per heavy atom. The summed E-state index contributed by atoms with van der Waals surface area (Å²) in [6.07, 6.45) is 1.95. The Labute approximate surface area is 175 Å². The smallest absolute Gasteiger partial charge is 0.170 e. The monoisotopic (exact) mass is 422 g/mol. The van der Waals surface area contributed by atoms with Crippen LogP contribution < -0.4 is 21.3 Å². The van der Waals surface area contributed by atoms with Crippen LogP contribution in [0.4, 0.5) is 20.2 Å². The molecule has 0 bridgehead atoms. The first-order chi connectivity index (χ1) is 13.4. The molecule has 0 aliphatic rings. The second-order valence-electron chi connectivity index (χ2n) is 6.48. The van der Waals surface area contributed by atoms with Crippen LogP contribution in [0.3, 0.4) is 0 Å². The molecule has 4 N–H and O–H groups in total. The summed E-state index contributed by atoms with van der Waals surface area (Å²) in [5.41, 5.74) is 1.50. The Bertz CT molecular complexity index is 767. The van der Waals surface area contributed by atoms with Crippen LogP contribution in [0, 0.1) is 17.6 Å². The fourth-order valence-electron chi connectivity index (χ4n) is 2.44. The summed E-state index contributed by atoms with van der Waals surface area (Å²) < 4.78 is 25.8. The van der Waals surface area contributed by atoms with Crippen LogP contribution in [0.15, 0.2) is 48.5 Å². The van der Waals surface area contributed by atoms with Gasteiger partial charge in [0.05, 0.1) is 0 Å². The van der Waals surface area contributed by atoms with Crippen molar-refractivity contribution in [2.24, 2.45) is 5.92 Å². The van der Waals surface area contributed by atoms with Gasteiger partial charge in [-0.25, -0.2) is 8.78 Å². The number of benzene rings is 2. The summed E-state index contributed by atoms with van der Waals surface area (Å²) in [6.45, 7) is 3.63. The lowest BCUT2D eigenvalue weighted by atomic mass is 10.1. The lowest BCUT2D eigenvalue weighted by Gasteiger charge is -2.16. The zero-order valence-electron chi connectivity index (χ0n) is 15.6. The van der Waals surface area contributed by atoms with Crippen LogP contribution in [0.25, 0.3) is 0 Å². The summed E-state index contributed by atoms with van der Waals surface area (Å²) in [5, 5.41) is 13.4. The molecule has 0 saturated heterocycles. The Morgan fingerprint density at radius 1 is 0.821 bits per heavy atom. The van der Waals surface area contributed by atoms with Gasteiger partial charge < -0.3 is 21.3 Å². The lowest BCUT2D eigenvalue weighted by Crippen LogP contribution is -2.33. The molecule has 2 aromatic carbocycles. The van der Waals surface area contributed by atoms with Crippen LogP contribution in [0.5, 0.6) is 0 Å². The topological polar surface area (TPSA) is 48.1 Å². The largest absolute Gasteiger partial charge is 0.362 e. The normalized spacial score (nSPS) is 11.4. The van der Waals surface area contributed by atoms with Crippen molar-refractivity contribution in [3.63, 3.8) is 0 Å². The quantitative estimate of drug-likeness (QED) is 0.367. The highest BCUT2D eigenvalue weighted by atomic mass is 32.1. The van der Waals surface area contributed by atoms with Gasteiger partial charge in [0.1, 0.15) is 11.6 Å². The molecule has 0 radical (unpaired) electrons. The molecule has 0 heterocycles. The molecule has 0 aliphatic heterocycles. The maximum absolute atomic E-state index is 12.9. The Morgan fingerprint density at radius 3 is 1.79 bits per heavy atom. The van der Waals surface area contributed by atoms with Crippen molar-refractivity contribution in [2.45, 2.75) is 19.8 Å². The minimum Gasteiger partial charge on any atom is -0.362 e. The number of hydrogen-bond donors (Lipinski definition) is 4. The first kappa shape index (κ1) is 22.0. The predicted octanol–water partition coefficient (Wildman–Crippen LogP) is 4.65. The van der Waals surface area contributed by atoms with Gasteiger partial charge in [-0.15, -0.1) is 0 Å². The van der Waals surface area contributed by atoms with E-state index in [4.69, 9.17) is 24.4 Å². The third kappa shape index (κ3) is 8.58. The molecule has 0 amide bonds. The predicted molar refractivity (Wildman–Crippen MR) is 120 cm³/mol. The molecule has 0 aliphatic carbocycles. The molecule has 1 atom stereocenters. The van der Waals surface area contributed by atoms with E-state index in [0.717, 1.165) is 37.3 Å². The van der Waals surface area contributed by atoms with Crippen LogP contribution in [0.2, 0.25) is 0 Å². The molecule has 4 nitrogen and oxygen atoms in total. The van der Waals surface area contributed by atoms with E-state index in [9.17, 15) is 8.78 Å². The number of rotatable bonds is 8. The minimum atomic E-state index is -0.279. The van der Waals surface area contributed by atoms with Crippen molar-refractivity contribution in [1.29, 1.82) is 0 Å². The number of nitrogens with one attached hydrogen (secondary N) is 4. The molecular formula is C20H24F2N4S2. The fraction of sp³-hybridized carbons (Fsp3) is 0.300. The summed E-state index contributed by atoms with van der Waals surface area (Å²) in [5.74, 6) is -0.133. The maximum atomic E-state index is 12.9. The average molecular weight is 423 g/mol. The van der Waals surface area contributed by atoms with E-state index in [0.29, 0.717) is 16.1 Å². The van der Waals surface area contributed by atoms with E-state index < -0.39 is 0 Å². The van der Waals surface area contributed by atoms with Crippen LogP contribution in [-0.2, 0) is 0 Å². The van der Waals surface area contributed by atoms with Crippen LogP contribution in [-0.4, -0.2) is 23.3 Å². The van der Waals surface area contributed by atoms with E-state index in [-0.39, 0.29) is 11.6 Å². The number of anilines is 2. The van der Waals surface area contributed by atoms with Gasteiger partial charge in [0.15, 0.2) is 10.2 Å².